The quantitative estimate of drug-likeness (QED) is 0.499. The number of hydrogen-bond donors (Lipinski definition) is 2. The Morgan fingerprint density at radius 2 is 1.74 bits per heavy atom. The Hall–Kier alpha value is -2.89. The third-order valence-electron chi connectivity index (χ3n) is 2.70. The molecule has 0 saturated carbocycles. The van der Waals surface area contributed by atoms with Gasteiger partial charge in [-0.3, -0.25) is 10.1 Å². The molecule has 0 heterocycles. The van der Waals surface area contributed by atoms with E-state index >= 15 is 0 Å². The first-order chi connectivity index (χ1) is 9.02. The monoisotopic (exact) mass is 258 g/mol. The molecule has 19 heavy (non-hydrogen) atoms. The van der Waals surface area contributed by atoms with Crippen LogP contribution in [0.1, 0.15) is 10.4 Å². The number of nitro groups is 1. The Balaban J connectivity index is 2.76. The Morgan fingerprint density at radius 3 is 2.37 bits per heavy atom. The van der Waals surface area contributed by atoms with Gasteiger partial charge in [0, 0.05) is 5.56 Å². The van der Waals surface area contributed by atoms with Gasteiger partial charge in [-0.25, -0.2) is 4.79 Å². The summed E-state index contributed by atoms with van der Waals surface area (Å²) in [6, 6.07) is 10.5. The van der Waals surface area contributed by atoms with Crippen molar-refractivity contribution in [3.8, 4) is 11.1 Å². The van der Waals surface area contributed by atoms with E-state index in [-0.39, 0.29) is 28.1 Å². The number of nitrogens with two attached hydrogens (primary N) is 1. The van der Waals surface area contributed by atoms with Crippen molar-refractivity contribution in [2.45, 2.75) is 0 Å². The van der Waals surface area contributed by atoms with Crippen molar-refractivity contribution < 1.29 is 14.8 Å². The number of anilines is 1. The Bertz CT molecular complexity index is 667. The summed E-state index contributed by atoms with van der Waals surface area (Å²) in [4.78, 5) is 21.6. The van der Waals surface area contributed by atoms with Crippen LogP contribution in [0, 0.1) is 10.1 Å². The van der Waals surface area contributed by atoms with Crippen molar-refractivity contribution in [3.63, 3.8) is 0 Å². The molecule has 0 aliphatic carbocycles. The van der Waals surface area contributed by atoms with Crippen LogP contribution in [0.3, 0.4) is 0 Å². The molecule has 6 nitrogen and oxygen atoms in total. The van der Waals surface area contributed by atoms with E-state index < -0.39 is 10.9 Å². The average molecular weight is 258 g/mol. The predicted octanol–water partition coefficient (Wildman–Crippen LogP) is 2.54. The smallest absolute Gasteiger partial charge is 0.336 e. The number of benzene rings is 2. The fourth-order valence-electron chi connectivity index (χ4n) is 1.89. The molecule has 0 bridgehead atoms. The van der Waals surface area contributed by atoms with Crippen LogP contribution >= 0.6 is 0 Å². The molecule has 0 aliphatic heterocycles. The van der Waals surface area contributed by atoms with E-state index in [0.717, 1.165) is 0 Å². The number of aromatic carboxylic acids is 1. The van der Waals surface area contributed by atoms with E-state index in [2.05, 4.69) is 0 Å². The van der Waals surface area contributed by atoms with Crippen LogP contribution in [0.5, 0.6) is 0 Å². The lowest BCUT2D eigenvalue weighted by Crippen LogP contribution is -2.02. The summed E-state index contributed by atoms with van der Waals surface area (Å²) >= 11 is 0. The lowest BCUT2D eigenvalue weighted by molar-refractivity contribution is -0.383. The lowest BCUT2D eigenvalue weighted by Gasteiger charge is -2.08. The normalized spacial score (nSPS) is 10.1. The molecule has 6 heteroatoms. The minimum absolute atomic E-state index is 0.00249. The molecule has 2 aromatic carbocycles. The summed E-state index contributed by atoms with van der Waals surface area (Å²) in [5.41, 5.74) is 5.78. The van der Waals surface area contributed by atoms with Gasteiger partial charge in [0.25, 0.3) is 5.69 Å². The molecule has 0 unspecified atom stereocenters. The topological polar surface area (TPSA) is 106 Å². The fourth-order valence-corrected chi connectivity index (χ4v) is 1.89. The standard InChI is InChI=1S/C13H10N2O4/c14-11-7-3-6-9(12(11)15(18)19)8-4-1-2-5-10(8)13(16)17/h1-7H,14H2,(H,16,17). The number of carboxylic acid groups (broad SMARTS) is 1. The summed E-state index contributed by atoms with van der Waals surface area (Å²) in [7, 11) is 0. The molecule has 0 atom stereocenters. The van der Waals surface area contributed by atoms with Gasteiger partial charge in [-0.15, -0.1) is 0 Å². The molecular formula is C13H10N2O4. The summed E-state index contributed by atoms with van der Waals surface area (Å²) in [6.45, 7) is 0. The molecule has 0 spiro atoms. The van der Waals surface area contributed by atoms with Crippen molar-refractivity contribution in [1.82, 2.24) is 0 Å². The molecular weight excluding hydrogens is 248 g/mol. The first-order valence-electron chi connectivity index (χ1n) is 5.38. The summed E-state index contributed by atoms with van der Waals surface area (Å²) in [6.07, 6.45) is 0. The maximum absolute atomic E-state index is 11.2. The van der Waals surface area contributed by atoms with Crippen molar-refractivity contribution in [1.29, 1.82) is 0 Å². The average Bonchev–Trinajstić information content (AvgIpc) is 2.37. The lowest BCUT2D eigenvalue weighted by atomic mass is 9.97. The fraction of sp³-hybridized carbons (Fsp3) is 0. The van der Waals surface area contributed by atoms with E-state index in [0.29, 0.717) is 0 Å². The van der Waals surface area contributed by atoms with Crippen LogP contribution < -0.4 is 5.73 Å². The third-order valence-corrected chi connectivity index (χ3v) is 2.70. The Kier molecular flexibility index (Phi) is 3.15. The van der Waals surface area contributed by atoms with Gasteiger partial charge < -0.3 is 10.8 Å². The summed E-state index contributed by atoms with van der Waals surface area (Å²) in [5, 5.41) is 20.2. The number of nitrogens with zero attached hydrogens (tertiary/aromatic N) is 1. The molecule has 3 N–H and O–H groups in total. The minimum atomic E-state index is -1.15. The van der Waals surface area contributed by atoms with Gasteiger partial charge in [-0.2, -0.15) is 0 Å². The SMILES string of the molecule is Nc1cccc(-c2ccccc2C(=O)O)c1[N+](=O)[O-]. The minimum Gasteiger partial charge on any atom is -0.478 e. The highest BCUT2D eigenvalue weighted by molar-refractivity contribution is 5.98. The highest BCUT2D eigenvalue weighted by Crippen LogP contribution is 2.36. The second-order valence-corrected chi connectivity index (χ2v) is 3.85. The maximum Gasteiger partial charge on any atom is 0.336 e. The van der Waals surface area contributed by atoms with E-state index in [1.165, 1.54) is 24.3 Å². The number of nitro benzene ring substituents is 1. The van der Waals surface area contributed by atoms with Crippen LogP contribution in [0.15, 0.2) is 42.5 Å². The van der Waals surface area contributed by atoms with Crippen LogP contribution in [0.2, 0.25) is 0 Å². The molecule has 0 radical (unpaired) electrons. The Labute approximate surface area is 108 Å². The number of hydrogen-bond acceptors (Lipinski definition) is 4. The van der Waals surface area contributed by atoms with E-state index in [1.807, 2.05) is 0 Å². The number of carboxylic acids is 1. The molecule has 0 fully saturated rings. The van der Waals surface area contributed by atoms with E-state index in [1.54, 1.807) is 18.2 Å². The van der Waals surface area contributed by atoms with Crippen molar-refractivity contribution in [2.24, 2.45) is 0 Å². The highest BCUT2D eigenvalue weighted by atomic mass is 16.6. The zero-order valence-corrected chi connectivity index (χ0v) is 9.74. The zero-order valence-electron chi connectivity index (χ0n) is 9.74. The van der Waals surface area contributed by atoms with Crippen LogP contribution in [-0.4, -0.2) is 16.0 Å². The Morgan fingerprint density at radius 1 is 1.11 bits per heavy atom. The van der Waals surface area contributed by atoms with Gasteiger partial charge in [0.2, 0.25) is 0 Å². The molecule has 0 aliphatic rings. The first kappa shape index (κ1) is 12.6. The zero-order chi connectivity index (χ0) is 14.0. The molecule has 96 valence electrons. The van der Waals surface area contributed by atoms with Gasteiger partial charge >= 0.3 is 5.97 Å². The van der Waals surface area contributed by atoms with Gasteiger partial charge in [-0.05, 0) is 18.2 Å². The van der Waals surface area contributed by atoms with Crippen LogP contribution in [0.25, 0.3) is 11.1 Å². The van der Waals surface area contributed by atoms with Crippen LogP contribution in [-0.2, 0) is 0 Å². The van der Waals surface area contributed by atoms with Crippen LogP contribution in [0.4, 0.5) is 11.4 Å². The second-order valence-electron chi connectivity index (χ2n) is 3.85. The molecule has 2 aromatic rings. The largest absolute Gasteiger partial charge is 0.478 e. The van der Waals surface area contributed by atoms with Gasteiger partial charge in [0.15, 0.2) is 0 Å². The van der Waals surface area contributed by atoms with Gasteiger partial charge in [0.05, 0.1) is 16.1 Å². The number of nitrogen functional groups attached to an aromatic ring is 1. The number of para-hydroxylation sites is 1. The van der Waals surface area contributed by atoms with E-state index in [4.69, 9.17) is 10.8 Å². The molecule has 2 rings (SSSR count). The van der Waals surface area contributed by atoms with Gasteiger partial charge in [0.1, 0.15) is 5.69 Å². The predicted molar refractivity (Wildman–Crippen MR) is 69.9 cm³/mol. The van der Waals surface area contributed by atoms with Crippen molar-refractivity contribution >= 4 is 17.3 Å². The highest BCUT2D eigenvalue weighted by Gasteiger charge is 2.22. The first-order valence-corrected chi connectivity index (χ1v) is 5.38. The third kappa shape index (κ3) is 2.23. The molecule has 0 saturated heterocycles. The summed E-state index contributed by atoms with van der Waals surface area (Å²) < 4.78 is 0. The van der Waals surface area contributed by atoms with E-state index in [9.17, 15) is 14.9 Å². The maximum atomic E-state index is 11.2. The second kappa shape index (κ2) is 4.77. The van der Waals surface area contributed by atoms with Crippen molar-refractivity contribution in [3.05, 3.63) is 58.1 Å². The molecule has 0 aromatic heterocycles. The molecule has 0 amide bonds. The summed E-state index contributed by atoms with van der Waals surface area (Å²) in [5.74, 6) is -1.15. The van der Waals surface area contributed by atoms with Gasteiger partial charge in [-0.1, -0.05) is 24.3 Å². The number of rotatable bonds is 3. The van der Waals surface area contributed by atoms with Crippen molar-refractivity contribution in [2.75, 3.05) is 5.73 Å². The number of carbonyl (C=O) groups is 1.